The Labute approximate surface area is 166 Å². The van der Waals surface area contributed by atoms with E-state index in [4.69, 9.17) is 0 Å². The maximum absolute atomic E-state index is 13.3. The lowest BCUT2D eigenvalue weighted by Gasteiger charge is -2.46. The number of carbonyl (C=O) groups is 1. The summed E-state index contributed by atoms with van der Waals surface area (Å²) in [6.45, 7) is 1.48. The van der Waals surface area contributed by atoms with Gasteiger partial charge in [-0.1, -0.05) is 24.3 Å². The van der Waals surface area contributed by atoms with E-state index < -0.39 is 10.0 Å². The Balaban J connectivity index is 1.62. The lowest BCUT2D eigenvalue weighted by Crippen LogP contribution is -2.53. The first-order chi connectivity index (χ1) is 13.5. The number of nitrogens with one attached hydrogen (secondary N) is 1. The monoisotopic (exact) mass is 399 g/mol. The average Bonchev–Trinajstić information content (AvgIpc) is 2.73. The highest BCUT2D eigenvalue weighted by atomic mass is 32.2. The van der Waals surface area contributed by atoms with E-state index >= 15 is 0 Å². The lowest BCUT2D eigenvalue weighted by atomic mass is 9.98. The Morgan fingerprint density at radius 2 is 1.79 bits per heavy atom. The van der Waals surface area contributed by atoms with Gasteiger partial charge in [-0.2, -0.15) is 0 Å². The van der Waals surface area contributed by atoms with Gasteiger partial charge in [-0.15, -0.1) is 0 Å². The minimum absolute atomic E-state index is 0.0813. The highest BCUT2D eigenvalue weighted by Crippen LogP contribution is 2.40. The summed E-state index contributed by atoms with van der Waals surface area (Å²) in [5, 5.41) is 2.57. The third kappa shape index (κ3) is 3.46. The molecule has 0 bridgehead atoms. The maximum Gasteiger partial charge on any atom is 0.251 e. The van der Waals surface area contributed by atoms with E-state index in [2.05, 4.69) is 10.2 Å². The van der Waals surface area contributed by atoms with Crippen LogP contribution in [0.15, 0.2) is 48.5 Å². The number of anilines is 2. The van der Waals surface area contributed by atoms with E-state index in [1.165, 1.54) is 0 Å². The highest BCUT2D eigenvalue weighted by molar-refractivity contribution is 7.92. The summed E-state index contributed by atoms with van der Waals surface area (Å²) in [5.41, 5.74) is 2.97. The number of piperidine rings is 1. The van der Waals surface area contributed by atoms with Crippen LogP contribution >= 0.6 is 0 Å². The lowest BCUT2D eigenvalue weighted by molar-refractivity contribution is 0.0963. The van der Waals surface area contributed by atoms with Crippen molar-refractivity contribution in [3.8, 4) is 0 Å². The largest absolute Gasteiger partial charge is 0.365 e. The van der Waals surface area contributed by atoms with Crippen molar-refractivity contribution in [1.29, 1.82) is 0 Å². The van der Waals surface area contributed by atoms with Crippen LogP contribution in [0.25, 0.3) is 0 Å². The number of amides is 1. The molecule has 0 aromatic heterocycles. The van der Waals surface area contributed by atoms with Crippen molar-refractivity contribution in [3.63, 3.8) is 0 Å². The fraction of sp³-hybridized carbons (Fsp3) is 0.381. The van der Waals surface area contributed by atoms with Crippen molar-refractivity contribution >= 4 is 27.3 Å². The number of sulfonamides is 1. The second-order valence-electron chi connectivity index (χ2n) is 7.40. The normalized spacial score (nSPS) is 19.0. The Morgan fingerprint density at radius 1 is 1.07 bits per heavy atom. The molecule has 0 aliphatic carbocycles. The van der Waals surface area contributed by atoms with Crippen molar-refractivity contribution < 1.29 is 13.2 Å². The zero-order valence-electron chi connectivity index (χ0n) is 16.0. The molecule has 1 amide bonds. The van der Waals surface area contributed by atoms with Gasteiger partial charge < -0.3 is 10.2 Å². The molecule has 2 aromatic rings. The second-order valence-corrected chi connectivity index (χ2v) is 9.29. The van der Waals surface area contributed by atoms with E-state index in [0.717, 1.165) is 37.2 Å². The molecular weight excluding hydrogens is 374 g/mol. The number of rotatable bonds is 4. The van der Waals surface area contributed by atoms with Crippen LogP contribution < -0.4 is 14.5 Å². The molecule has 1 atom stereocenters. The molecule has 0 spiro atoms. The van der Waals surface area contributed by atoms with Crippen molar-refractivity contribution in [1.82, 2.24) is 5.32 Å². The number of para-hydroxylation sites is 2. The molecule has 148 valence electrons. The SMILES string of the molecule is CNC(=O)c1ccc(CS(=O)(=O)N2CC3CCCCN3c3ccccc32)cc1. The topological polar surface area (TPSA) is 69.7 Å². The molecule has 0 saturated carbocycles. The van der Waals surface area contributed by atoms with E-state index in [0.29, 0.717) is 17.7 Å². The number of hydrogen-bond donors (Lipinski definition) is 1. The molecule has 0 radical (unpaired) electrons. The van der Waals surface area contributed by atoms with Crippen LogP contribution in [-0.4, -0.2) is 40.5 Å². The molecule has 2 aliphatic heterocycles. The van der Waals surface area contributed by atoms with Gasteiger partial charge in [0.2, 0.25) is 10.0 Å². The summed E-state index contributed by atoms with van der Waals surface area (Å²) < 4.78 is 28.2. The van der Waals surface area contributed by atoms with Crippen LogP contribution in [0.4, 0.5) is 11.4 Å². The quantitative estimate of drug-likeness (QED) is 0.858. The van der Waals surface area contributed by atoms with Gasteiger partial charge in [0.25, 0.3) is 5.91 Å². The molecular formula is C21H25N3O3S. The predicted octanol–water partition coefficient (Wildman–Crippen LogP) is 2.76. The van der Waals surface area contributed by atoms with Crippen LogP contribution in [-0.2, 0) is 15.8 Å². The minimum atomic E-state index is -3.53. The first kappa shape index (κ1) is 18.8. The molecule has 4 rings (SSSR count). The molecule has 6 nitrogen and oxygen atoms in total. The summed E-state index contributed by atoms with van der Waals surface area (Å²) in [6.07, 6.45) is 3.30. The zero-order chi connectivity index (χ0) is 19.7. The van der Waals surface area contributed by atoms with Gasteiger partial charge in [0.05, 0.1) is 23.7 Å². The Morgan fingerprint density at radius 3 is 2.50 bits per heavy atom. The van der Waals surface area contributed by atoms with Gasteiger partial charge in [0.1, 0.15) is 0 Å². The summed E-state index contributed by atoms with van der Waals surface area (Å²) >= 11 is 0. The third-order valence-electron chi connectivity index (χ3n) is 5.59. The zero-order valence-corrected chi connectivity index (χ0v) is 16.8. The van der Waals surface area contributed by atoms with Gasteiger partial charge in [0.15, 0.2) is 0 Å². The molecule has 7 heteroatoms. The smallest absolute Gasteiger partial charge is 0.251 e. The standard InChI is InChI=1S/C21H25N3O3S/c1-22-21(25)17-11-9-16(10-12-17)15-28(26,27)24-14-18-6-4-5-13-23(18)19-7-2-3-8-20(19)24/h2-3,7-12,18H,4-6,13-15H2,1H3,(H,22,25). The molecule has 1 N–H and O–H groups in total. The van der Waals surface area contributed by atoms with Crippen molar-refractivity contribution in [2.24, 2.45) is 0 Å². The number of hydrogen-bond acceptors (Lipinski definition) is 4. The third-order valence-corrected chi connectivity index (χ3v) is 7.31. The maximum atomic E-state index is 13.3. The van der Waals surface area contributed by atoms with Gasteiger partial charge in [0, 0.05) is 25.2 Å². The number of nitrogens with zero attached hydrogens (tertiary/aromatic N) is 2. The summed E-state index contributed by atoms with van der Waals surface area (Å²) in [4.78, 5) is 14.1. The number of benzene rings is 2. The average molecular weight is 400 g/mol. The van der Waals surface area contributed by atoms with Crippen LogP contribution in [0.2, 0.25) is 0 Å². The van der Waals surface area contributed by atoms with Crippen LogP contribution in [0.1, 0.15) is 35.2 Å². The van der Waals surface area contributed by atoms with E-state index in [1.807, 2.05) is 24.3 Å². The van der Waals surface area contributed by atoms with E-state index in [-0.39, 0.29) is 17.7 Å². The summed E-state index contributed by atoms with van der Waals surface area (Å²) in [7, 11) is -1.96. The van der Waals surface area contributed by atoms with Gasteiger partial charge in [-0.05, 0) is 49.1 Å². The van der Waals surface area contributed by atoms with Crippen molar-refractivity contribution in [2.75, 3.05) is 29.3 Å². The van der Waals surface area contributed by atoms with E-state index in [1.54, 1.807) is 35.6 Å². The molecule has 2 aromatic carbocycles. The van der Waals surface area contributed by atoms with Gasteiger partial charge >= 0.3 is 0 Å². The highest BCUT2D eigenvalue weighted by Gasteiger charge is 2.37. The van der Waals surface area contributed by atoms with Crippen LogP contribution in [0.3, 0.4) is 0 Å². The molecule has 2 aliphatic rings. The Kier molecular flexibility index (Phi) is 5.02. The molecule has 1 saturated heterocycles. The predicted molar refractivity (Wildman–Crippen MR) is 111 cm³/mol. The van der Waals surface area contributed by atoms with Crippen LogP contribution in [0.5, 0.6) is 0 Å². The number of carbonyl (C=O) groups excluding carboxylic acids is 1. The van der Waals surface area contributed by atoms with Gasteiger partial charge in [-0.25, -0.2) is 8.42 Å². The fourth-order valence-corrected chi connectivity index (χ4v) is 5.79. The summed E-state index contributed by atoms with van der Waals surface area (Å²) in [6, 6.07) is 14.8. The molecule has 2 heterocycles. The first-order valence-electron chi connectivity index (χ1n) is 9.67. The molecule has 1 fully saturated rings. The molecule has 1 unspecified atom stereocenters. The van der Waals surface area contributed by atoms with Crippen molar-refractivity contribution in [2.45, 2.75) is 31.1 Å². The Bertz CT molecular complexity index is 973. The van der Waals surface area contributed by atoms with Gasteiger partial charge in [-0.3, -0.25) is 9.10 Å². The second kappa shape index (κ2) is 7.47. The number of fused-ring (bicyclic) bond motifs is 3. The van der Waals surface area contributed by atoms with E-state index in [9.17, 15) is 13.2 Å². The molecule has 28 heavy (non-hydrogen) atoms. The summed E-state index contributed by atoms with van der Waals surface area (Å²) in [5.74, 6) is -0.265. The Hall–Kier alpha value is -2.54. The van der Waals surface area contributed by atoms with Crippen molar-refractivity contribution in [3.05, 3.63) is 59.7 Å². The fourth-order valence-electron chi connectivity index (χ4n) is 4.16. The first-order valence-corrected chi connectivity index (χ1v) is 11.3. The minimum Gasteiger partial charge on any atom is -0.365 e. The van der Waals surface area contributed by atoms with Crippen LogP contribution in [0, 0.1) is 0 Å².